The number of ether oxygens (including phenoxy) is 2. The summed E-state index contributed by atoms with van der Waals surface area (Å²) in [7, 11) is 1.72. The summed E-state index contributed by atoms with van der Waals surface area (Å²) in [5.74, 6) is 2.67. The molecule has 4 fully saturated rings. The highest BCUT2D eigenvalue weighted by molar-refractivity contribution is 5.61. The van der Waals surface area contributed by atoms with Crippen molar-refractivity contribution in [3.63, 3.8) is 0 Å². The molecule has 7 aliphatic rings. The van der Waals surface area contributed by atoms with Gasteiger partial charge in [0, 0.05) is 24.1 Å². The van der Waals surface area contributed by atoms with Gasteiger partial charge in [0.1, 0.15) is 6.10 Å². The van der Waals surface area contributed by atoms with E-state index < -0.39 is 6.10 Å². The van der Waals surface area contributed by atoms with E-state index in [1.165, 1.54) is 56.1 Å². The summed E-state index contributed by atoms with van der Waals surface area (Å²) < 4.78 is 12.1. The molecule has 6 nitrogen and oxygen atoms in total. The summed E-state index contributed by atoms with van der Waals surface area (Å²) in [6.07, 6.45) is 16.4. The number of benzene rings is 1. The van der Waals surface area contributed by atoms with E-state index in [0.29, 0.717) is 22.8 Å². The Bertz CT molecular complexity index is 1130. The zero-order chi connectivity index (χ0) is 27.6. The van der Waals surface area contributed by atoms with Crippen LogP contribution in [0.25, 0.3) is 0 Å². The van der Waals surface area contributed by atoms with Gasteiger partial charge in [0.2, 0.25) is 0 Å². The second-order valence-corrected chi connectivity index (χ2v) is 15.3. The van der Waals surface area contributed by atoms with Crippen LogP contribution in [0.4, 0.5) is 0 Å². The van der Waals surface area contributed by atoms with Crippen LogP contribution in [-0.2, 0) is 12.0 Å². The molecule has 4 bridgehead atoms. The smallest absolute Gasteiger partial charge is 0.166 e. The largest absolute Gasteiger partial charge is 0.493 e. The molecule has 0 amide bonds. The molecule has 7 atom stereocenters. The van der Waals surface area contributed by atoms with Crippen molar-refractivity contribution >= 4 is 0 Å². The van der Waals surface area contributed by atoms with Gasteiger partial charge in [-0.3, -0.25) is 4.90 Å². The Balaban J connectivity index is 0.883. The summed E-state index contributed by atoms with van der Waals surface area (Å²) >= 11 is 0. The summed E-state index contributed by atoms with van der Waals surface area (Å²) in [5, 5.41) is 18.1. The Labute approximate surface area is 241 Å². The molecular formula is C34H51N3O3. The Morgan fingerprint density at radius 2 is 1.85 bits per heavy atom. The van der Waals surface area contributed by atoms with E-state index in [4.69, 9.17) is 9.47 Å². The molecule has 0 aromatic heterocycles. The van der Waals surface area contributed by atoms with Crippen molar-refractivity contribution in [3.05, 3.63) is 35.4 Å². The molecule has 1 aromatic rings. The number of rotatable bonds is 10. The predicted octanol–water partition coefficient (Wildman–Crippen LogP) is 4.93. The lowest BCUT2D eigenvalue weighted by atomic mass is 9.43. The number of nitrogens with zero attached hydrogens (tertiary/aromatic N) is 1. The summed E-state index contributed by atoms with van der Waals surface area (Å²) in [4.78, 5) is 2.61. The van der Waals surface area contributed by atoms with E-state index in [1.54, 1.807) is 7.11 Å². The highest BCUT2D eigenvalue weighted by atomic mass is 16.5. The fourth-order valence-corrected chi connectivity index (χ4v) is 10.9. The molecule has 40 heavy (non-hydrogen) atoms. The van der Waals surface area contributed by atoms with Gasteiger partial charge in [-0.1, -0.05) is 32.1 Å². The Morgan fingerprint density at radius 1 is 1.05 bits per heavy atom. The van der Waals surface area contributed by atoms with Crippen LogP contribution in [0.3, 0.4) is 0 Å². The minimum atomic E-state index is -0.431. The number of aliphatic hydroxyl groups excluding tert-OH is 1. The van der Waals surface area contributed by atoms with Crippen LogP contribution in [0, 0.1) is 16.7 Å². The number of hydrogen-bond acceptors (Lipinski definition) is 6. The zero-order valence-electron chi connectivity index (χ0n) is 25.1. The lowest BCUT2D eigenvalue weighted by Gasteiger charge is -2.65. The summed E-state index contributed by atoms with van der Waals surface area (Å²) in [6.45, 7) is 11.6. The van der Waals surface area contributed by atoms with Crippen LogP contribution in [0.15, 0.2) is 24.3 Å². The van der Waals surface area contributed by atoms with Crippen LogP contribution in [0.1, 0.15) is 89.2 Å². The van der Waals surface area contributed by atoms with E-state index in [9.17, 15) is 5.11 Å². The molecule has 4 saturated carbocycles. The van der Waals surface area contributed by atoms with E-state index in [1.807, 2.05) is 6.08 Å². The first-order valence-electron chi connectivity index (χ1n) is 16.2. The standard InChI is InChI=1S/C34H51N3O3/c1-31-17-24-18-32(2,21-31)23-33(19-24,22-31)36-13-4-11-35-12-5-14-37-15-10-34-9-8-26(38)16-28(34)40-30-27(39-3)7-6-25(20-37)29(30)34/h6-9,24,26,28,35-36,38H,4-5,10-23H2,1-3H3/t24?,26-,28-,31-,32+,33?,34-/m0/s1. The topological polar surface area (TPSA) is 66.0 Å². The molecule has 1 aromatic carbocycles. The maximum Gasteiger partial charge on any atom is 0.166 e. The van der Waals surface area contributed by atoms with Crippen LogP contribution < -0.4 is 20.1 Å². The molecule has 1 spiro atoms. The SMILES string of the molecule is COc1ccc2c3c1O[C@H]1C[C@@H](O)C=C[C@@]31CCN(CCCNCCCNC13CC4C[C@@](C)(C1)C[C@](C)(C4)C3)C2. The highest BCUT2D eigenvalue weighted by Crippen LogP contribution is 2.66. The third-order valence-corrected chi connectivity index (χ3v) is 11.5. The lowest BCUT2D eigenvalue weighted by molar-refractivity contribution is -0.117. The molecule has 6 heteroatoms. The second kappa shape index (κ2) is 10.00. The average Bonchev–Trinajstić information content (AvgIpc) is 3.12. The van der Waals surface area contributed by atoms with Crippen molar-refractivity contribution in [1.82, 2.24) is 15.5 Å². The molecule has 2 heterocycles. The van der Waals surface area contributed by atoms with Crippen molar-refractivity contribution in [3.8, 4) is 11.5 Å². The Morgan fingerprint density at radius 3 is 2.62 bits per heavy atom. The van der Waals surface area contributed by atoms with Crippen molar-refractivity contribution < 1.29 is 14.6 Å². The minimum absolute atomic E-state index is 0.0167. The third kappa shape index (κ3) is 4.71. The fraction of sp³-hybridized carbons (Fsp3) is 0.765. The second-order valence-electron chi connectivity index (χ2n) is 15.3. The van der Waals surface area contributed by atoms with E-state index in [0.717, 1.165) is 69.5 Å². The van der Waals surface area contributed by atoms with Gasteiger partial charge in [0.05, 0.1) is 18.6 Å². The molecule has 2 aliphatic heterocycles. The zero-order valence-corrected chi connectivity index (χ0v) is 25.1. The monoisotopic (exact) mass is 549 g/mol. The molecule has 0 radical (unpaired) electrons. The van der Waals surface area contributed by atoms with Crippen molar-refractivity contribution in [2.45, 2.75) is 108 Å². The number of aliphatic hydroxyl groups is 1. The van der Waals surface area contributed by atoms with Crippen LogP contribution in [0.2, 0.25) is 0 Å². The van der Waals surface area contributed by atoms with Crippen molar-refractivity contribution in [1.29, 1.82) is 0 Å². The Kier molecular flexibility index (Phi) is 6.81. The van der Waals surface area contributed by atoms with Gasteiger partial charge in [-0.25, -0.2) is 0 Å². The molecule has 0 saturated heterocycles. The van der Waals surface area contributed by atoms with Gasteiger partial charge in [-0.2, -0.15) is 0 Å². The molecule has 220 valence electrons. The first-order valence-corrected chi connectivity index (χ1v) is 16.2. The first kappa shape index (κ1) is 27.2. The van der Waals surface area contributed by atoms with Gasteiger partial charge >= 0.3 is 0 Å². The minimum Gasteiger partial charge on any atom is -0.493 e. The van der Waals surface area contributed by atoms with Crippen LogP contribution in [-0.4, -0.2) is 67.6 Å². The maximum absolute atomic E-state index is 10.3. The third-order valence-electron chi connectivity index (χ3n) is 11.5. The van der Waals surface area contributed by atoms with Gasteiger partial charge in [0.25, 0.3) is 0 Å². The fourth-order valence-electron chi connectivity index (χ4n) is 10.9. The van der Waals surface area contributed by atoms with Crippen molar-refractivity contribution in [2.75, 3.05) is 39.8 Å². The molecule has 8 rings (SSSR count). The average molecular weight is 550 g/mol. The highest BCUT2D eigenvalue weighted by Gasteiger charge is 2.59. The predicted molar refractivity (Wildman–Crippen MR) is 159 cm³/mol. The quantitative estimate of drug-likeness (QED) is 0.284. The van der Waals surface area contributed by atoms with E-state index >= 15 is 0 Å². The van der Waals surface area contributed by atoms with Gasteiger partial charge in [-0.05, 0) is 119 Å². The van der Waals surface area contributed by atoms with Gasteiger partial charge in [-0.15, -0.1) is 0 Å². The van der Waals surface area contributed by atoms with E-state index in [-0.39, 0.29) is 11.5 Å². The molecular weight excluding hydrogens is 498 g/mol. The molecule has 5 aliphatic carbocycles. The summed E-state index contributed by atoms with van der Waals surface area (Å²) in [5.41, 5.74) is 4.09. The summed E-state index contributed by atoms with van der Waals surface area (Å²) in [6, 6.07) is 4.29. The molecule has 3 N–H and O–H groups in total. The molecule has 2 unspecified atom stereocenters. The maximum atomic E-state index is 10.3. The first-order chi connectivity index (χ1) is 19.2. The van der Waals surface area contributed by atoms with Gasteiger partial charge in [0.15, 0.2) is 11.5 Å². The normalized spacial score (nSPS) is 41.0. The van der Waals surface area contributed by atoms with Crippen molar-refractivity contribution in [2.24, 2.45) is 16.7 Å². The Hall–Kier alpha value is -1.60. The van der Waals surface area contributed by atoms with Crippen LogP contribution >= 0.6 is 0 Å². The lowest BCUT2D eigenvalue weighted by Crippen LogP contribution is -2.64. The number of hydrogen-bond donors (Lipinski definition) is 3. The van der Waals surface area contributed by atoms with Crippen LogP contribution in [0.5, 0.6) is 11.5 Å². The van der Waals surface area contributed by atoms with E-state index in [2.05, 4.69) is 47.6 Å². The number of methoxy groups -OCH3 is 1. The van der Waals surface area contributed by atoms with Gasteiger partial charge < -0.3 is 25.2 Å². The number of nitrogens with one attached hydrogen (secondary N) is 2.